The fourth-order valence-electron chi connectivity index (χ4n) is 1.33. The number of benzene rings is 1. The molecule has 0 spiro atoms. The topological polar surface area (TPSA) is 50.7 Å². The molecule has 0 saturated carbocycles. The molecule has 1 heterocycles. The average Bonchev–Trinajstić information content (AvgIpc) is 2.31. The third-order valence-electron chi connectivity index (χ3n) is 2.14. The zero-order chi connectivity index (χ0) is 10.5. The van der Waals surface area contributed by atoms with Crippen LogP contribution in [0.2, 0.25) is 0 Å². The zero-order valence-electron chi connectivity index (χ0n) is 8.46. The maximum Gasteiger partial charge on any atom is 0.226 e. The number of hydrogen-bond acceptors (Lipinski definition) is 4. The molecule has 4 nitrogen and oxygen atoms in total. The Morgan fingerprint density at radius 1 is 1.07 bits per heavy atom. The average molecular weight is 200 g/mol. The highest BCUT2D eigenvalue weighted by Gasteiger charge is 2.04. The number of nitrogens with zero attached hydrogens (tertiary/aromatic N) is 3. The van der Waals surface area contributed by atoms with Gasteiger partial charge in [0.25, 0.3) is 0 Å². The first-order valence-electron chi connectivity index (χ1n) is 4.80. The van der Waals surface area contributed by atoms with Crippen molar-refractivity contribution in [2.45, 2.75) is 13.0 Å². The zero-order valence-corrected chi connectivity index (χ0v) is 8.46. The maximum absolute atomic E-state index is 4.01. The molecule has 0 aliphatic carbocycles. The summed E-state index contributed by atoms with van der Waals surface area (Å²) in [5, 5.41) is 3.20. The highest BCUT2D eigenvalue weighted by molar-refractivity contribution is 5.29. The lowest BCUT2D eigenvalue weighted by molar-refractivity contribution is 0.853. The molecule has 1 N–H and O–H groups in total. The molecule has 0 fully saturated rings. The van der Waals surface area contributed by atoms with E-state index in [0.717, 1.165) is 0 Å². The van der Waals surface area contributed by atoms with Gasteiger partial charge in [-0.2, -0.15) is 0 Å². The van der Waals surface area contributed by atoms with Crippen LogP contribution in [-0.2, 0) is 0 Å². The van der Waals surface area contributed by atoms with E-state index < -0.39 is 0 Å². The van der Waals surface area contributed by atoms with Crippen molar-refractivity contribution in [1.29, 1.82) is 0 Å². The second kappa shape index (κ2) is 4.50. The van der Waals surface area contributed by atoms with Crippen LogP contribution in [0.1, 0.15) is 18.5 Å². The first kappa shape index (κ1) is 9.58. The van der Waals surface area contributed by atoms with E-state index in [1.807, 2.05) is 18.2 Å². The van der Waals surface area contributed by atoms with Gasteiger partial charge in [0.05, 0.1) is 6.04 Å². The summed E-state index contributed by atoms with van der Waals surface area (Å²) in [6.07, 6.45) is 2.96. The largest absolute Gasteiger partial charge is 0.348 e. The predicted octanol–water partition coefficient (Wildman–Crippen LogP) is 2.04. The van der Waals surface area contributed by atoms with Gasteiger partial charge in [0.15, 0.2) is 0 Å². The molecule has 0 aliphatic rings. The van der Waals surface area contributed by atoms with Crippen molar-refractivity contribution < 1.29 is 0 Å². The molecule has 2 aromatic rings. The fraction of sp³-hybridized carbons (Fsp3) is 0.182. The molecule has 0 amide bonds. The van der Waals surface area contributed by atoms with Crippen molar-refractivity contribution in [3.8, 4) is 0 Å². The highest BCUT2D eigenvalue weighted by Crippen LogP contribution is 2.14. The smallest absolute Gasteiger partial charge is 0.226 e. The van der Waals surface area contributed by atoms with Crippen LogP contribution in [-0.4, -0.2) is 15.0 Å². The van der Waals surface area contributed by atoms with Gasteiger partial charge in [-0.05, 0) is 12.5 Å². The summed E-state index contributed by atoms with van der Waals surface area (Å²) >= 11 is 0. The molecule has 0 radical (unpaired) electrons. The molecule has 1 aromatic heterocycles. The second-order valence-electron chi connectivity index (χ2n) is 3.24. The molecule has 4 heteroatoms. The summed E-state index contributed by atoms with van der Waals surface area (Å²) in [6.45, 7) is 2.07. The molecular formula is C11H12N4. The SMILES string of the molecule is CC(Nc1ncncn1)c1ccccc1. The van der Waals surface area contributed by atoms with Crippen LogP contribution in [0.5, 0.6) is 0 Å². The van der Waals surface area contributed by atoms with E-state index in [1.54, 1.807) is 0 Å². The summed E-state index contributed by atoms with van der Waals surface area (Å²) < 4.78 is 0. The Morgan fingerprint density at radius 3 is 2.40 bits per heavy atom. The van der Waals surface area contributed by atoms with Gasteiger partial charge in [0.1, 0.15) is 12.7 Å². The molecule has 1 unspecified atom stereocenters. The number of nitrogens with one attached hydrogen (secondary N) is 1. The molecular weight excluding hydrogens is 188 g/mol. The number of rotatable bonds is 3. The monoisotopic (exact) mass is 200 g/mol. The lowest BCUT2D eigenvalue weighted by Gasteiger charge is -2.13. The lowest BCUT2D eigenvalue weighted by Crippen LogP contribution is -2.09. The van der Waals surface area contributed by atoms with Gasteiger partial charge in [-0.15, -0.1) is 0 Å². The Bertz CT molecular complexity index is 401. The van der Waals surface area contributed by atoms with Gasteiger partial charge in [0.2, 0.25) is 5.95 Å². The van der Waals surface area contributed by atoms with E-state index in [1.165, 1.54) is 18.2 Å². The van der Waals surface area contributed by atoms with Crippen molar-refractivity contribution in [2.24, 2.45) is 0 Å². The Hall–Kier alpha value is -1.97. The lowest BCUT2D eigenvalue weighted by atomic mass is 10.1. The minimum atomic E-state index is 0.189. The third-order valence-corrected chi connectivity index (χ3v) is 2.14. The van der Waals surface area contributed by atoms with Crippen molar-refractivity contribution >= 4 is 5.95 Å². The van der Waals surface area contributed by atoms with Crippen molar-refractivity contribution in [3.05, 3.63) is 48.5 Å². The Morgan fingerprint density at radius 2 is 1.73 bits per heavy atom. The first-order valence-corrected chi connectivity index (χ1v) is 4.80. The number of hydrogen-bond donors (Lipinski definition) is 1. The Labute approximate surface area is 88.4 Å². The summed E-state index contributed by atoms with van der Waals surface area (Å²) in [6, 6.07) is 10.4. The normalized spacial score (nSPS) is 12.1. The molecule has 1 atom stereocenters. The third kappa shape index (κ3) is 2.49. The number of aromatic nitrogens is 3. The van der Waals surface area contributed by atoms with Gasteiger partial charge < -0.3 is 5.32 Å². The molecule has 1 aromatic carbocycles. The minimum Gasteiger partial charge on any atom is -0.348 e. The summed E-state index contributed by atoms with van der Waals surface area (Å²) in [5.41, 5.74) is 1.21. The van der Waals surface area contributed by atoms with E-state index in [0.29, 0.717) is 5.95 Å². The van der Waals surface area contributed by atoms with Crippen LogP contribution >= 0.6 is 0 Å². The molecule has 76 valence electrons. The van der Waals surface area contributed by atoms with Gasteiger partial charge in [0, 0.05) is 0 Å². The van der Waals surface area contributed by atoms with E-state index >= 15 is 0 Å². The minimum absolute atomic E-state index is 0.189. The maximum atomic E-state index is 4.01. The van der Waals surface area contributed by atoms with Crippen LogP contribution in [0.3, 0.4) is 0 Å². The Kier molecular flexibility index (Phi) is 2.88. The second-order valence-corrected chi connectivity index (χ2v) is 3.24. The van der Waals surface area contributed by atoms with Gasteiger partial charge in [-0.1, -0.05) is 30.3 Å². The van der Waals surface area contributed by atoms with Crippen LogP contribution in [0.4, 0.5) is 5.95 Å². The summed E-state index contributed by atoms with van der Waals surface area (Å²) in [7, 11) is 0. The van der Waals surface area contributed by atoms with E-state index in [9.17, 15) is 0 Å². The number of anilines is 1. The van der Waals surface area contributed by atoms with Crippen molar-refractivity contribution in [1.82, 2.24) is 15.0 Å². The Balaban J connectivity index is 2.08. The van der Waals surface area contributed by atoms with Gasteiger partial charge >= 0.3 is 0 Å². The highest BCUT2D eigenvalue weighted by atomic mass is 15.1. The molecule has 0 saturated heterocycles. The summed E-state index contributed by atoms with van der Waals surface area (Å²) in [5.74, 6) is 0.598. The first-order chi connectivity index (χ1) is 7.36. The van der Waals surface area contributed by atoms with Gasteiger partial charge in [-0.25, -0.2) is 15.0 Å². The van der Waals surface area contributed by atoms with Crippen LogP contribution in [0, 0.1) is 0 Å². The molecule has 0 bridgehead atoms. The molecule has 15 heavy (non-hydrogen) atoms. The van der Waals surface area contributed by atoms with Crippen molar-refractivity contribution in [2.75, 3.05) is 5.32 Å². The van der Waals surface area contributed by atoms with E-state index in [-0.39, 0.29) is 6.04 Å². The van der Waals surface area contributed by atoms with E-state index in [4.69, 9.17) is 0 Å². The predicted molar refractivity (Wildman–Crippen MR) is 58.3 cm³/mol. The summed E-state index contributed by atoms with van der Waals surface area (Å²) in [4.78, 5) is 11.8. The van der Waals surface area contributed by atoms with Gasteiger partial charge in [-0.3, -0.25) is 0 Å². The van der Waals surface area contributed by atoms with Crippen LogP contribution < -0.4 is 5.32 Å². The van der Waals surface area contributed by atoms with E-state index in [2.05, 4.69) is 39.3 Å². The molecule has 2 rings (SSSR count). The van der Waals surface area contributed by atoms with Crippen LogP contribution in [0.15, 0.2) is 43.0 Å². The standard InChI is InChI=1S/C11H12N4/c1-9(10-5-3-2-4-6-10)15-11-13-7-12-8-14-11/h2-9H,1H3,(H,12,13,14,15). The quantitative estimate of drug-likeness (QED) is 0.823. The molecule has 0 aliphatic heterocycles. The van der Waals surface area contributed by atoms with Crippen molar-refractivity contribution in [3.63, 3.8) is 0 Å². The fourth-order valence-corrected chi connectivity index (χ4v) is 1.33. The van der Waals surface area contributed by atoms with Crippen LogP contribution in [0.25, 0.3) is 0 Å².